The minimum atomic E-state index is -0.183. The number of pyridine rings is 1. The molecular weight excluding hydrogens is 298 g/mol. The van der Waals surface area contributed by atoms with Crippen molar-refractivity contribution in [2.75, 3.05) is 19.6 Å². The Kier molecular flexibility index (Phi) is 6.67. The summed E-state index contributed by atoms with van der Waals surface area (Å²) in [5, 5.41) is 5.94. The summed E-state index contributed by atoms with van der Waals surface area (Å²) in [4.78, 5) is 23.1. The van der Waals surface area contributed by atoms with Crippen LogP contribution in [0.5, 0.6) is 0 Å². The lowest BCUT2D eigenvalue weighted by atomic mass is 10.4. The van der Waals surface area contributed by atoms with Crippen molar-refractivity contribution in [3.05, 3.63) is 33.2 Å². The van der Waals surface area contributed by atoms with Crippen molar-refractivity contribution in [1.82, 2.24) is 15.2 Å². The van der Waals surface area contributed by atoms with Gasteiger partial charge in [0, 0.05) is 29.8 Å². The van der Waals surface area contributed by atoms with E-state index in [0.717, 1.165) is 24.0 Å². The van der Waals surface area contributed by atoms with Crippen molar-refractivity contribution in [1.29, 1.82) is 0 Å². The van der Waals surface area contributed by atoms with Crippen molar-refractivity contribution >= 4 is 21.8 Å². The Morgan fingerprint density at radius 1 is 1.33 bits per heavy atom. The van der Waals surface area contributed by atoms with Crippen LogP contribution in [0.2, 0.25) is 0 Å². The van der Waals surface area contributed by atoms with E-state index in [1.165, 1.54) is 10.6 Å². The van der Waals surface area contributed by atoms with Crippen LogP contribution in [0.25, 0.3) is 0 Å². The number of carbonyl (C=O) groups excluding carboxylic acids is 1. The van der Waals surface area contributed by atoms with Gasteiger partial charge in [-0.05, 0) is 35.0 Å². The molecule has 0 aliphatic heterocycles. The zero-order valence-electron chi connectivity index (χ0n) is 10.4. The number of amides is 1. The van der Waals surface area contributed by atoms with Gasteiger partial charge in [0.05, 0.1) is 0 Å². The second-order valence-electron chi connectivity index (χ2n) is 3.91. The fraction of sp³-hybridized carbons (Fsp3) is 0.500. The molecule has 1 rings (SSSR count). The van der Waals surface area contributed by atoms with Crippen LogP contribution < -0.4 is 16.2 Å². The Hall–Kier alpha value is -1.14. The number of aromatic nitrogens is 1. The molecule has 18 heavy (non-hydrogen) atoms. The van der Waals surface area contributed by atoms with Crippen molar-refractivity contribution in [3.63, 3.8) is 0 Å². The molecule has 0 spiro atoms. The molecular formula is C12H18BrN3O2. The van der Waals surface area contributed by atoms with Gasteiger partial charge in [-0.15, -0.1) is 0 Å². The van der Waals surface area contributed by atoms with E-state index in [1.807, 2.05) is 0 Å². The van der Waals surface area contributed by atoms with E-state index in [-0.39, 0.29) is 18.0 Å². The highest BCUT2D eigenvalue weighted by Gasteiger charge is 2.03. The third-order valence-corrected chi connectivity index (χ3v) is 2.78. The SMILES string of the molecule is CCCNCCNC(=O)Cn1cc(Br)ccc1=O. The molecule has 1 heterocycles. The standard InChI is InChI=1S/C12H18BrN3O2/c1-2-5-14-6-7-15-11(17)9-16-8-10(13)3-4-12(16)18/h3-4,8,14H,2,5-7,9H2,1H3,(H,15,17). The lowest BCUT2D eigenvalue weighted by Gasteiger charge is -2.08. The van der Waals surface area contributed by atoms with Gasteiger partial charge in [-0.25, -0.2) is 0 Å². The minimum absolute atomic E-state index is 0.0477. The largest absolute Gasteiger partial charge is 0.353 e. The van der Waals surface area contributed by atoms with E-state index in [4.69, 9.17) is 0 Å². The Bertz CT molecular complexity index is 445. The Morgan fingerprint density at radius 3 is 2.83 bits per heavy atom. The number of halogens is 1. The van der Waals surface area contributed by atoms with E-state index in [1.54, 1.807) is 12.3 Å². The molecule has 5 nitrogen and oxygen atoms in total. The van der Waals surface area contributed by atoms with Gasteiger partial charge in [-0.1, -0.05) is 6.92 Å². The molecule has 0 saturated carbocycles. The summed E-state index contributed by atoms with van der Waals surface area (Å²) in [5.74, 6) is -0.159. The van der Waals surface area contributed by atoms with E-state index in [0.29, 0.717) is 6.54 Å². The van der Waals surface area contributed by atoms with E-state index < -0.39 is 0 Å². The van der Waals surface area contributed by atoms with Crippen LogP contribution in [0.4, 0.5) is 0 Å². The van der Waals surface area contributed by atoms with Crippen molar-refractivity contribution < 1.29 is 4.79 Å². The van der Waals surface area contributed by atoms with Gasteiger partial charge in [0.1, 0.15) is 6.54 Å². The van der Waals surface area contributed by atoms with Crippen LogP contribution in [0, 0.1) is 0 Å². The van der Waals surface area contributed by atoms with Crippen LogP contribution in [-0.2, 0) is 11.3 Å². The average Bonchev–Trinajstić information content (AvgIpc) is 2.33. The number of rotatable bonds is 7. The summed E-state index contributed by atoms with van der Waals surface area (Å²) in [6.45, 7) is 4.40. The molecule has 0 radical (unpaired) electrons. The molecule has 0 aliphatic carbocycles. The number of nitrogens with one attached hydrogen (secondary N) is 2. The normalized spacial score (nSPS) is 10.3. The van der Waals surface area contributed by atoms with Gasteiger partial charge >= 0.3 is 0 Å². The maximum atomic E-state index is 11.6. The molecule has 0 atom stereocenters. The molecule has 1 aromatic heterocycles. The van der Waals surface area contributed by atoms with Crippen molar-refractivity contribution in [2.45, 2.75) is 19.9 Å². The molecule has 6 heteroatoms. The molecule has 100 valence electrons. The number of carbonyl (C=O) groups is 1. The maximum absolute atomic E-state index is 11.6. The lowest BCUT2D eigenvalue weighted by Crippen LogP contribution is -2.36. The molecule has 0 unspecified atom stereocenters. The van der Waals surface area contributed by atoms with Gasteiger partial charge < -0.3 is 15.2 Å². The van der Waals surface area contributed by atoms with Crippen LogP contribution >= 0.6 is 15.9 Å². The Labute approximate surface area is 115 Å². The van der Waals surface area contributed by atoms with Crippen LogP contribution in [0.3, 0.4) is 0 Å². The van der Waals surface area contributed by atoms with Crippen molar-refractivity contribution in [3.8, 4) is 0 Å². The summed E-state index contributed by atoms with van der Waals surface area (Å²) < 4.78 is 2.15. The third kappa shape index (κ3) is 5.46. The summed E-state index contributed by atoms with van der Waals surface area (Å²) >= 11 is 3.27. The third-order valence-electron chi connectivity index (χ3n) is 2.31. The summed E-state index contributed by atoms with van der Waals surface area (Å²) in [6.07, 6.45) is 2.68. The monoisotopic (exact) mass is 315 g/mol. The van der Waals surface area contributed by atoms with Crippen LogP contribution in [-0.4, -0.2) is 30.1 Å². The predicted molar refractivity (Wildman–Crippen MR) is 74.6 cm³/mol. The van der Waals surface area contributed by atoms with Gasteiger partial charge in [0.25, 0.3) is 5.56 Å². The lowest BCUT2D eigenvalue weighted by molar-refractivity contribution is -0.121. The quantitative estimate of drug-likeness (QED) is 0.729. The Morgan fingerprint density at radius 2 is 2.11 bits per heavy atom. The summed E-state index contributed by atoms with van der Waals surface area (Å²) in [6, 6.07) is 3.09. The average molecular weight is 316 g/mol. The molecule has 0 bridgehead atoms. The van der Waals surface area contributed by atoms with Crippen LogP contribution in [0.1, 0.15) is 13.3 Å². The molecule has 0 fully saturated rings. The molecule has 0 aliphatic rings. The van der Waals surface area contributed by atoms with Gasteiger partial charge in [0.2, 0.25) is 5.91 Å². The smallest absolute Gasteiger partial charge is 0.251 e. The van der Waals surface area contributed by atoms with E-state index >= 15 is 0 Å². The molecule has 0 aromatic carbocycles. The number of hydrogen-bond acceptors (Lipinski definition) is 3. The maximum Gasteiger partial charge on any atom is 0.251 e. The first-order valence-electron chi connectivity index (χ1n) is 5.97. The zero-order valence-corrected chi connectivity index (χ0v) is 12.0. The fourth-order valence-electron chi connectivity index (χ4n) is 1.43. The van der Waals surface area contributed by atoms with Gasteiger partial charge in [-0.2, -0.15) is 0 Å². The van der Waals surface area contributed by atoms with Gasteiger partial charge in [0.15, 0.2) is 0 Å². The second kappa shape index (κ2) is 8.05. The first-order valence-corrected chi connectivity index (χ1v) is 6.76. The van der Waals surface area contributed by atoms with Gasteiger partial charge in [-0.3, -0.25) is 9.59 Å². The topological polar surface area (TPSA) is 63.1 Å². The zero-order chi connectivity index (χ0) is 13.4. The first kappa shape index (κ1) is 14.9. The number of nitrogens with zero attached hydrogens (tertiary/aromatic N) is 1. The molecule has 2 N–H and O–H groups in total. The highest BCUT2D eigenvalue weighted by atomic mass is 79.9. The molecule has 0 saturated heterocycles. The predicted octanol–water partition coefficient (Wildman–Crippen LogP) is 0.727. The van der Waals surface area contributed by atoms with E-state index in [9.17, 15) is 9.59 Å². The second-order valence-corrected chi connectivity index (χ2v) is 4.83. The fourth-order valence-corrected chi connectivity index (χ4v) is 1.81. The van der Waals surface area contributed by atoms with Crippen molar-refractivity contribution in [2.24, 2.45) is 0 Å². The minimum Gasteiger partial charge on any atom is -0.353 e. The highest BCUT2D eigenvalue weighted by Crippen LogP contribution is 2.04. The van der Waals surface area contributed by atoms with Crippen LogP contribution in [0.15, 0.2) is 27.6 Å². The first-order chi connectivity index (χ1) is 8.63. The Balaban J connectivity index is 2.35. The van der Waals surface area contributed by atoms with E-state index in [2.05, 4.69) is 33.5 Å². The molecule has 1 aromatic rings. The summed E-state index contributed by atoms with van der Waals surface area (Å²) in [7, 11) is 0. The summed E-state index contributed by atoms with van der Waals surface area (Å²) in [5.41, 5.74) is -0.183. The molecule has 1 amide bonds. The number of hydrogen-bond donors (Lipinski definition) is 2. The highest BCUT2D eigenvalue weighted by molar-refractivity contribution is 9.10.